The summed E-state index contributed by atoms with van der Waals surface area (Å²) in [5.74, 6) is 0. The standard InChI is InChI=1S/C8H4F3N3O2/c9-8(10,11)5-1-4(3-12)7(13)6(2-5)14(15)16/h1-2H,13H2. The number of nitrogens with zero attached hydrogens (tertiary/aromatic N) is 2. The molecule has 8 heteroatoms. The van der Waals surface area contributed by atoms with Gasteiger partial charge in [-0.2, -0.15) is 18.4 Å². The summed E-state index contributed by atoms with van der Waals surface area (Å²) in [5, 5.41) is 18.9. The zero-order valence-electron chi connectivity index (χ0n) is 7.58. The predicted octanol–water partition coefficient (Wildman–Crippen LogP) is 2.07. The first-order valence-electron chi connectivity index (χ1n) is 3.82. The zero-order chi connectivity index (χ0) is 12.5. The minimum absolute atomic E-state index is 0.302. The third-order valence-corrected chi connectivity index (χ3v) is 1.80. The van der Waals surface area contributed by atoms with Gasteiger partial charge in [0, 0.05) is 6.07 Å². The third kappa shape index (κ3) is 2.03. The topological polar surface area (TPSA) is 92.9 Å². The van der Waals surface area contributed by atoms with Crippen molar-refractivity contribution < 1.29 is 18.1 Å². The second kappa shape index (κ2) is 3.69. The third-order valence-electron chi connectivity index (χ3n) is 1.80. The number of hydrogen-bond donors (Lipinski definition) is 1. The van der Waals surface area contributed by atoms with E-state index in [2.05, 4.69) is 0 Å². The maximum atomic E-state index is 12.3. The molecule has 0 aromatic heterocycles. The molecule has 0 saturated heterocycles. The molecule has 1 aromatic carbocycles. The monoisotopic (exact) mass is 231 g/mol. The van der Waals surface area contributed by atoms with Crippen LogP contribution in [0.4, 0.5) is 24.5 Å². The van der Waals surface area contributed by atoms with Crippen LogP contribution >= 0.6 is 0 Å². The molecule has 2 N–H and O–H groups in total. The zero-order valence-corrected chi connectivity index (χ0v) is 7.58. The van der Waals surface area contributed by atoms with Crippen molar-refractivity contribution in [2.24, 2.45) is 0 Å². The number of hydrogen-bond acceptors (Lipinski definition) is 4. The number of benzene rings is 1. The van der Waals surface area contributed by atoms with Crippen LogP contribution in [0.1, 0.15) is 11.1 Å². The summed E-state index contributed by atoms with van der Waals surface area (Å²) >= 11 is 0. The van der Waals surface area contributed by atoms with Crippen molar-refractivity contribution in [3.05, 3.63) is 33.4 Å². The van der Waals surface area contributed by atoms with Crippen LogP contribution in [0.5, 0.6) is 0 Å². The van der Waals surface area contributed by atoms with Crippen LogP contribution in [0, 0.1) is 21.4 Å². The molecule has 0 radical (unpaired) electrons. The van der Waals surface area contributed by atoms with E-state index < -0.39 is 33.6 Å². The van der Waals surface area contributed by atoms with Crippen molar-refractivity contribution in [2.75, 3.05) is 5.73 Å². The number of anilines is 1. The van der Waals surface area contributed by atoms with Gasteiger partial charge in [0.15, 0.2) is 0 Å². The fourth-order valence-electron chi connectivity index (χ4n) is 1.05. The van der Waals surface area contributed by atoms with Crippen molar-refractivity contribution in [3.63, 3.8) is 0 Å². The molecular weight excluding hydrogens is 227 g/mol. The van der Waals surface area contributed by atoms with E-state index in [4.69, 9.17) is 11.0 Å². The van der Waals surface area contributed by atoms with Gasteiger partial charge in [0.1, 0.15) is 11.8 Å². The Bertz CT molecular complexity index is 491. The Morgan fingerprint density at radius 2 is 2.00 bits per heavy atom. The van der Waals surface area contributed by atoms with Crippen LogP contribution in [0.2, 0.25) is 0 Å². The molecule has 0 amide bonds. The molecular formula is C8H4F3N3O2. The largest absolute Gasteiger partial charge is 0.416 e. The Hall–Kier alpha value is -2.30. The highest BCUT2D eigenvalue weighted by atomic mass is 19.4. The molecule has 16 heavy (non-hydrogen) atoms. The highest BCUT2D eigenvalue weighted by molar-refractivity contribution is 5.68. The van der Waals surface area contributed by atoms with Gasteiger partial charge in [-0.25, -0.2) is 0 Å². The van der Waals surface area contributed by atoms with Crippen LogP contribution in [0.25, 0.3) is 0 Å². The average molecular weight is 231 g/mol. The van der Waals surface area contributed by atoms with E-state index in [0.717, 1.165) is 0 Å². The summed E-state index contributed by atoms with van der Waals surface area (Å²) in [4.78, 5) is 9.35. The van der Waals surface area contributed by atoms with Crippen LogP contribution in [-0.2, 0) is 6.18 Å². The second-order valence-electron chi connectivity index (χ2n) is 2.82. The molecule has 0 fully saturated rings. The quantitative estimate of drug-likeness (QED) is 0.454. The van der Waals surface area contributed by atoms with Gasteiger partial charge >= 0.3 is 6.18 Å². The van der Waals surface area contributed by atoms with Crippen LogP contribution in [0.15, 0.2) is 12.1 Å². The van der Waals surface area contributed by atoms with Crippen molar-refractivity contribution in [1.82, 2.24) is 0 Å². The van der Waals surface area contributed by atoms with Crippen molar-refractivity contribution in [2.45, 2.75) is 6.18 Å². The molecule has 0 heterocycles. The van der Waals surface area contributed by atoms with Crippen molar-refractivity contribution >= 4 is 11.4 Å². The summed E-state index contributed by atoms with van der Waals surface area (Å²) < 4.78 is 36.9. The van der Waals surface area contributed by atoms with Gasteiger partial charge in [0.25, 0.3) is 5.69 Å². The van der Waals surface area contributed by atoms with Crippen LogP contribution in [-0.4, -0.2) is 4.92 Å². The number of nitriles is 1. The molecule has 0 aliphatic rings. The van der Waals surface area contributed by atoms with Crippen molar-refractivity contribution in [3.8, 4) is 6.07 Å². The fraction of sp³-hybridized carbons (Fsp3) is 0.125. The summed E-state index contributed by atoms with van der Waals surface area (Å²) in [6.07, 6.45) is -4.76. The number of rotatable bonds is 1. The van der Waals surface area contributed by atoms with Crippen LogP contribution in [0.3, 0.4) is 0 Å². The van der Waals surface area contributed by atoms with E-state index in [1.807, 2.05) is 0 Å². The highest BCUT2D eigenvalue weighted by Gasteiger charge is 2.34. The lowest BCUT2D eigenvalue weighted by atomic mass is 10.1. The predicted molar refractivity (Wildman–Crippen MR) is 47.2 cm³/mol. The van der Waals surface area contributed by atoms with Gasteiger partial charge in [-0.05, 0) is 6.07 Å². The summed E-state index contributed by atoms with van der Waals surface area (Å²) in [5.41, 5.74) is 1.84. The molecule has 84 valence electrons. The van der Waals surface area contributed by atoms with E-state index in [9.17, 15) is 23.3 Å². The Labute approximate surface area is 87.0 Å². The molecule has 0 bridgehead atoms. The maximum absolute atomic E-state index is 12.3. The minimum Gasteiger partial charge on any atom is -0.392 e. The van der Waals surface area contributed by atoms with E-state index >= 15 is 0 Å². The van der Waals surface area contributed by atoms with E-state index in [-0.39, 0.29) is 0 Å². The van der Waals surface area contributed by atoms with E-state index in [1.165, 1.54) is 6.07 Å². The SMILES string of the molecule is N#Cc1cc(C(F)(F)F)cc([N+](=O)[O-])c1N. The first-order valence-corrected chi connectivity index (χ1v) is 3.82. The number of halogens is 3. The Morgan fingerprint density at radius 1 is 1.44 bits per heavy atom. The molecule has 1 aromatic rings. The first-order chi connectivity index (χ1) is 7.27. The molecule has 0 spiro atoms. The number of nitro benzene ring substituents is 1. The summed E-state index contributed by atoms with van der Waals surface area (Å²) in [6.45, 7) is 0. The van der Waals surface area contributed by atoms with Gasteiger partial charge in [-0.15, -0.1) is 0 Å². The highest BCUT2D eigenvalue weighted by Crippen LogP contribution is 2.35. The molecule has 0 aliphatic carbocycles. The van der Waals surface area contributed by atoms with Crippen molar-refractivity contribution in [1.29, 1.82) is 5.26 Å². The van der Waals surface area contributed by atoms with Crippen LogP contribution < -0.4 is 5.73 Å². The molecule has 1 rings (SSSR count). The minimum atomic E-state index is -4.76. The van der Waals surface area contributed by atoms with Gasteiger partial charge in [-0.3, -0.25) is 10.1 Å². The Morgan fingerprint density at radius 3 is 2.38 bits per heavy atom. The van der Waals surface area contributed by atoms with Gasteiger partial charge < -0.3 is 5.73 Å². The number of nitrogens with two attached hydrogens (primary N) is 1. The van der Waals surface area contributed by atoms with Gasteiger partial charge in [-0.1, -0.05) is 0 Å². The molecule has 0 atom stereocenters. The summed E-state index contributed by atoms with van der Waals surface area (Å²) in [7, 11) is 0. The second-order valence-corrected chi connectivity index (χ2v) is 2.82. The van der Waals surface area contributed by atoms with E-state index in [1.54, 1.807) is 0 Å². The Kier molecular flexibility index (Phi) is 2.72. The number of nitro groups is 1. The lowest BCUT2D eigenvalue weighted by Crippen LogP contribution is -2.08. The summed E-state index contributed by atoms with van der Waals surface area (Å²) in [6, 6.07) is 2.15. The number of alkyl halides is 3. The first kappa shape index (κ1) is 11.8. The lowest BCUT2D eigenvalue weighted by Gasteiger charge is -2.08. The molecule has 5 nitrogen and oxygen atoms in total. The van der Waals surface area contributed by atoms with E-state index in [0.29, 0.717) is 12.1 Å². The Balaban J connectivity index is 3.54. The molecule has 0 unspecified atom stereocenters. The molecule has 0 aliphatic heterocycles. The van der Waals surface area contributed by atoms with Gasteiger partial charge in [0.05, 0.1) is 16.1 Å². The smallest absolute Gasteiger partial charge is 0.392 e. The number of nitrogen functional groups attached to an aromatic ring is 1. The average Bonchev–Trinajstić information content (AvgIpc) is 2.15. The van der Waals surface area contributed by atoms with Gasteiger partial charge in [0.2, 0.25) is 0 Å². The normalized spacial score (nSPS) is 10.9. The maximum Gasteiger partial charge on any atom is 0.416 e. The lowest BCUT2D eigenvalue weighted by molar-refractivity contribution is -0.384. The molecule has 0 saturated carbocycles. The fourth-order valence-corrected chi connectivity index (χ4v) is 1.05.